The van der Waals surface area contributed by atoms with E-state index >= 15 is 0 Å². The van der Waals surface area contributed by atoms with Crippen LogP contribution in [0.1, 0.15) is 19.3 Å². The van der Waals surface area contributed by atoms with Crippen molar-refractivity contribution >= 4 is 17.3 Å². The number of likely N-dealkylation sites (N-methyl/N-ethyl adjacent to an activating group) is 1. The number of ether oxygens (including phenoxy) is 1. The molecule has 0 bridgehead atoms. The van der Waals surface area contributed by atoms with Gasteiger partial charge in [0.15, 0.2) is 5.11 Å². The lowest BCUT2D eigenvalue weighted by atomic mass is 10.2. The third-order valence-corrected chi connectivity index (χ3v) is 3.08. The monoisotopic (exact) mass is 200 g/mol. The minimum absolute atomic E-state index is 0.485. The van der Waals surface area contributed by atoms with Gasteiger partial charge in [-0.2, -0.15) is 0 Å². The van der Waals surface area contributed by atoms with Crippen LogP contribution in [0.5, 0.6) is 0 Å². The first-order valence-corrected chi connectivity index (χ1v) is 5.29. The van der Waals surface area contributed by atoms with Crippen molar-refractivity contribution in [1.82, 2.24) is 10.2 Å². The Morgan fingerprint density at radius 3 is 2.77 bits per heavy atom. The zero-order chi connectivity index (χ0) is 9.26. The predicted molar refractivity (Wildman–Crippen MR) is 55.7 cm³/mol. The van der Waals surface area contributed by atoms with E-state index in [1.165, 1.54) is 12.8 Å². The summed E-state index contributed by atoms with van der Waals surface area (Å²) in [7, 11) is 2.05. The summed E-state index contributed by atoms with van der Waals surface area (Å²) in [6, 6.07) is 1.14. The molecule has 2 fully saturated rings. The van der Waals surface area contributed by atoms with E-state index in [1.807, 2.05) is 0 Å². The van der Waals surface area contributed by atoms with Gasteiger partial charge in [-0.1, -0.05) is 0 Å². The second kappa shape index (κ2) is 3.80. The van der Waals surface area contributed by atoms with E-state index in [2.05, 4.69) is 17.3 Å². The van der Waals surface area contributed by atoms with Gasteiger partial charge in [-0.05, 0) is 31.5 Å². The van der Waals surface area contributed by atoms with E-state index in [9.17, 15) is 0 Å². The molecule has 1 saturated carbocycles. The quantitative estimate of drug-likeness (QED) is 0.665. The molecule has 1 N–H and O–H groups in total. The summed E-state index contributed by atoms with van der Waals surface area (Å²) in [4.78, 5) is 2.14. The van der Waals surface area contributed by atoms with Crippen molar-refractivity contribution in [3.63, 3.8) is 0 Å². The Bertz CT molecular complexity index is 200. The Kier molecular flexibility index (Phi) is 2.69. The van der Waals surface area contributed by atoms with Gasteiger partial charge >= 0.3 is 0 Å². The molecule has 2 aliphatic rings. The molecule has 0 aromatic heterocycles. The third-order valence-electron chi connectivity index (χ3n) is 2.68. The average molecular weight is 200 g/mol. The molecule has 1 unspecified atom stereocenters. The Morgan fingerprint density at radius 2 is 2.23 bits per heavy atom. The minimum atomic E-state index is 0.485. The number of rotatable bonds is 2. The van der Waals surface area contributed by atoms with Crippen LogP contribution in [0.2, 0.25) is 0 Å². The summed E-state index contributed by atoms with van der Waals surface area (Å²) in [5, 5.41) is 4.22. The van der Waals surface area contributed by atoms with Gasteiger partial charge in [0.05, 0.1) is 12.6 Å². The molecule has 1 atom stereocenters. The van der Waals surface area contributed by atoms with Crippen molar-refractivity contribution in [3.05, 3.63) is 0 Å². The number of nitrogens with zero attached hydrogens (tertiary/aromatic N) is 1. The third kappa shape index (κ3) is 2.31. The Balaban J connectivity index is 1.79. The van der Waals surface area contributed by atoms with Crippen LogP contribution in [0.3, 0.4) is 0 Å². The molecular weight excluding hydrogens is 184 g/mol. The van der Waals surface area contributed by atoms with Crippen LogP contribution >= 0.6 is 12.2 Å². The maximum absolute atomic E-state index is 5.32. The average Bonchev–Trinajstić information content (AvgIpc) is 2.78. The number of thiocarbonyl (C=S) groups is 1. The highest BCUT2D eigenvalue weighted by Gasteiger charge is 2.26. The molecule has 1 saturated heterocycles. The summed E-state index contributed by atoms with van der Waals surface area (Å²) in [6.45, 7) is 1.70. The first-order valence-electron chi connectivity index (χ1n) is 4.88. The van der Waals surface area contributed by atoms with Gasteiger partial charge in [0.1, 0.15) is 0 Å². The molecule has 1 heterocycles. The lowest BCUT2D eigenvalue weighted by Gasteiger charge is -2.26. The summed E-state index contributed by atoms with van der Waals surface area (Å²) in [5.41, 5.74) is 0. The van der Waals surface area contributed by atoms with E-state index in [4.69, 9.17) is 17.0 Å². The molecule has 0 spiro atoms. The van der Waals surface area contributed by atoms with E-state index in [-0.39, 0.29) is 0 Å². The van der Waals surface area contributed by atoms with Crippen molar-refractivity contribution in [2.24, 2.45) is 0 Å². The molecule has 0 amide bonds. The molecule has 0 aromatic rings. The van der Waals surface area contributed by atoms with Gasteiger partial charge in [0, 0.05) is 19.7 Å². The smallest absolute Gasteiger partial charge is 0.169 e. The molecule has 0 radical (unpaired) electrons. The van der Waals surface area contributed by atoms with Crippen LogP contribution in [0.25, 0.3) is 0 Å². The normalized spacial score (nSPS) is 27.3. The summed E-state index contributed by atoms with van der Waals surface area (Å²) in [5.74, 6) is 0. The van der Waals surface area contributed by atoms with Gasteiger partial charge in [0.25, 0.3) is 0 Å². The Morgan fingerprint density at radius 1 is 1.46 bits per heavy atom. The lowest BCUT2D eigenvalue weighted by molar-refractivity contribution is 0.179. The van der Waals surface area contributed by atoms with Gasteiger partial charge in [-0.3, -0.25) is 0 Å². The molecule has 1 aliphatic heterocycles. The molecular formula is C9H16N2OS. The number of hydrogen-bond acceptors (Lipinski definition) is 2. The standard InChI is InChI=1S/C9H16N2OS/c1-11(8-4-5-12-6-8)9(13)10-7-2-3-7/h7-8H,2-6H2,1H3,(H,10,13). The van der Waals surface area contributed by atoms with Crippen molar-refractivity contribution < 1.29 is 4.74 Å². The van der Waals surface area contributed by atoms with Crippen LogP contribution in [0.15, 0.2) is 0 Å². The van der Waals surface area contributed by atoms with Gasteiger partial charge in [-0.25, -0.2) is 0 Å². The molecule has 0 aromatic carbocycles. The van der Waals surface area contributed by atoms with E-state index in [0.717, 1.165) is 24.7 Å². The predicted octanol–water partition coefficient (Wildman–Crippen LogP) is 0.744. The maximum atomic E-state index is 5.32. The highest BCUT2D eigenvalue weighted by Crippen LogP contribution is 2.19. The summed E-state index contributed by atoms with van der Waals surface area (Å²) < 4.78 is 5.32. The van der Waals surface area contributed by atoms with Crippen LogP contribution < -0.4 is 5.32 Å². The van der Waals surface area contributed by atoms with Crippen molar-refractivity contribution in [2.75, 3.05) is 20.3 Å². The highest BCUT2D eigenvalue weighted by atomic mass is 32.1. The summed E-state index contributed by atoms with van der Waals surface area (Å²) >= 11 is 5.29. The number of hydrogen-bond donors (Lipinski definition) is 1. The fourth-order valence-corrected chi connectivity index (χ4v) is 1.81. The molecule has 2 rings (SSSR count). The van der Waals surface area contributed by atoms with Crippen molar-refractivity contribution in [3.8, 4) is 0 Å². The Labute approximate surface area is 84.4 Å². The molecule has 13 heavy (non-hydrogen) atoms. The topological polar surface area (TPSA) is 24.5 Å². The Hall–Kier alpha value is -0.350. The largest absolute Gasteiger partial charge is 0.379 e. The van der Waals surface area contributed by atoms with Crippen LogP contribution in [-0.2, 0) is 4.74 Å². The molecule has 4 heteroatoms. The van der Waals surface area contributed by atoms with Crippen LogP contribution in [0, 0.1) is 0 Å². The van der Waals surface area contributed by atoms with Gasteiger partial charge < -0.3 is 15.0 Å². The second-order valence-corrected chi connectivity index (χ2v) is 4.24. The van der Waals surface area contributed by atoms with Crippen LogP contribution in [0.4, 0.5) is 0 Å². The highest BCUT2D eigenvalue weighted by molar-refractivity contribution is 7.80. The van der Waals surface area contributed by atoms with Crippen molar-refractivity contribution in [1.29, 1.82) is 0 Å². The first-order chi connectivity index (χ1) is 6.27. The van der Waals surface area contributed by atoms with Crippen LogP contribution in [-0.4, -0.2) is 42.4 Å². The lowest BCUT2D eigenvalue weighted by Crippen LogP contribution is -2.44. The van der Waals surface area contributed by atoms with Crippen molar-refractivity contribution in [2.45, 2.75) is 31.3 Å². The second-order valence-electron chi connectivity index (χ2n) is 3.85. The molecule has 74 valence electrons. The first kappa shape index (κ1) is 9.21. The maximum Gasteiger partial charge on any atom is 0.169 e. The fraction of sp³-hybridized carbons (Fsp3) is 0.889. The SMILES string of the molecule is CN(C(=S)NC1CC1)C1CCOC1. The number of nitrogens with one attached hydrogen (secondary N) is 1. The van der Waals surface area contributed by atoms with Gasteiger partial charge in [-0.15, -0.1) is 0 Å². The minimum Gasteiger partial charge on any atom is -0.379 e. The molecule has 1 aliphatic carbocycles. The van der Waals surface area contributed by atoms with E-state index in [0.29, 0.717) is 12.1 Å². The summed E-state index contributed by atoms with van der Waals surface area (Å²) in [6.07, 6.45) is 3.65. The zero-order valence-corrected chi connectivity index (χ0v) is 8.77. The van der Waals surface area contributed by atoms with Gasteiger partial charge in [0.2, 0.25) is 0 Å². The van der Waals surface area contributed by atoms with E-state index < -0.39 is 0 Å². The fourth-order valence-electron chi connectivity index (χ4n) is 1.50. The zero-order valence-electron chi connectivity index (χ0n) is 7.95. The van der Waals surface area contributed by atoms with E-state index in [1.54, 1.807) is 0 Å². The molecule has 3 nitrogen and oxygen atoms in total.